The van der Waals surface area contributed by atoms with E-state index in [0.29, 0.717) is 24.6 Å². The van der Waals surface area contributed by atoms with Crippen molar-refractivity contribution >= 4 is 5.82 Å². The molecule has 2 aromatic heterocycles. The molecule has 2 aliphatic rings. The SMILES string of the molecule is Cc1ncc(-c2cc(C(F)(F)F)ccc2OC2CC3CCC(C2)N3c2ccc(C(F)(F)F)cn2)o1. The fraction of sp³-hybridized carbons (Fsp3) is 0.417. The molecule has 0 saturated carbocycles. The van der Waals surface area contributed by atoms with E-state index in [9.17, 15) is 26.3 Å². The lowest BCUT2D eigenvalue weighted by atomic mass is 9.99. The molecule has 0 radical (unpaired) electrons. The van der Waals surface area contributed by atoms with Crippen LogP contribution in [-0.4, -0.2) is 28.2 Å². The van der Waals surface area contributed by atoms with E-state index in [2.05, 4.69) is 9.97 Å². The fourth-order valence-corrected chi connectivity index (χ4v) is 4.97. The molecule has 2 saturated heterocycles. The molecule has 3 aromatic rings. The summed E-state index contributed by atoms with van der Waals surface area (Å²) < 4.78 is 90.3. The van der Waals surface area contributed by atoms with E-state index >= 15 is 0 Å². The number of anilines is 1. The quantitative estimate of drug-likeness (QED) is 0.377. The zero-order valence-electron chi connectivity index (χ0n) is 18.5. The molecule has 0 spiro atoms. The minimum Gasteiger partial charge on any atom is -0.489 e. The van der Waals surface area contributed by atoms with E-state index < -0.39 is 23.5 Å². The highest BCUT2D eigenvalue weighted by molar-refractivity contribution is 5.66. The van der Waals surface area contributed by atoms with E-state index in [1.165, 1.54) is 18.3 Å². The highest BCUT2D eigenvalue weighted by Gasteiger charge is 2.43. The standard InChI is InChI=1S/C24H21F6N3O2/c1-13-31-12-21(34-13)19-8-14(23(25,26)27)2-6-20(19)35-18-9-16-4-5-17(10-18)33(16)22-7-3-15(11-32-22)24(28,29)30/h2-3,6-8,11-12,16-18H,4-5,9-10H2,1H3. The molecule has 2 atom stereocenters. The summed E-state index contributed by atoms with van der Waals surface area (Å²) in [5.41, 5.74) is -1.46. The number of halogens is 6. The van der Waals surface area contributed by atoms with Gasteiger partial charge in [0.2, 0.25) is 0 Å². The van der Waals surface area contributed by atoms with Gasteiger partial charge in [-0.3, -0.25) is 0 Å². The van der Waals surface area contributed by atoms with Crippen LogP contribution in [0.3, 0.4) is 0 Å². The molecule has 35 heavy (non-hydrogen) atoms. The Labute approximate surface area is 196 Å². The number of rotatable bonds is 4. The van der Waals surface area contributed by atoms with Crippen LogP contribution in [0, 0.1) is 6.92 Å². The van der Waals surface area contributed by atoms with Crippen molar-refractivity contribution in [2.24, 2.45) is 0 Å². The molecule has 2 fully saturated rings. The summed E-state index contributed by atoms with van der Waals surface area (Å²) in [6.45, 7) is 1.60. The molecule has 1 aromatic carbocycles. The van der Waals surface area contributed by atoms with Gasteiger partial charge in [0, 0.05) is 38.0 Å². The Kier molecular flexibility index (Phi) is 5.68. The van der Waals surface area contributed by atoms with Crippen molar-refractivity contribution in [1.82, 2.24) is 9.97 Å². The molecule has 4 heterocycles. The highest BCUT2D eigenvalue weighted by Crippen LogP contribution is 2.43. The minimum atomic E-state index is -4.53. The molecule has 2 aliphatic heterocycles. The van der Waals surface area contributed by atoms with Crippen molar-refractivity contribution in [2.75, 3.05) is 4.90 Å². The molecule has 0 amide bonds. The lowest BCUT2D eigenvalue weighted by Gasteiger charge is -2.40. The van der Waals surface area contributed by atoms with E-state index in [0.717, 1.165) is 37.2 Å². The van der Waals surface area contributed by atoms with Gasteiger partial charge in [-0.25, -0.2) is 9.97 Å². The van der Waals surface area contributed by atoms with Crippen molar-refractivity contribution in [1.29, 1.82) is 0 Å². The zero-order chi connectivity index (χ0) is 25.0. The molecule has 0 aliphatic carbocycles. The van der Waals surface area contributed by atoms with Crippen LogP contribution in [0.5, 0.6) is 5.75 Å². The lowest BCUT2D eigenvalue weighted by Crippen LogP contribution is -2.46. The number of hydrogen-bond acceptors (Lipinski definition) is 5. The summed E-state index contributed by atoms with van der Waals surface area (Å²) in [4.78, 5) is 10.1. The van der Waals surface area contributed by atoms with Gasteiger partial charge in [-0.15, -0.1) is 0 Å². The summed E-state index contributed by atoms with van der Waals surface area (Å²) in [5.74, 6) is 1.24. The first kappa shape index (κ1) is 23.5. The third kappa shape index (κ3) is 4.68. The summed E-state index contributed by atoms with van der Waals surface area (Å²) in [6, 6.07) is 5.68. The molecule has 2 unspecified atom stereocenters. The van der Waals surface area contributed by atoms with Gasteiger partial charge in [-0.05, 0) is 43.2 Å². The first-order chi connectivity index (χ1) is 16.5. The Balaban J connectivity index is 1.36. The average molecular weight is 497 g/mol. The summed E-state index contributed by atoms with van der Waals surface area (Å²) in [6.07, 6.45) is -4.27. The molecule has 5 nitrogen and oxygen atoms in total. The zero-order valence-corrected chi connectivity index (χ0v) is 18.5. The monoisotopic (exact) mass is 497 g/mol. The number of pyridine rings is 1. The van der Waals surface area contributed by atoms with Gasteiger partial charge in [-0.2, -0.15) is 26.3 Å². The maximum absolute atomic E-state index is 13.3. The summed E-state index contributed by atoms with van der Waals surface area (Å²) in [5, 5.41) is 0. The minimum absolute atomic E-state index is 0.00779. The maximum atomic E-state index is 13.3. The number of aryl methyl sites for hydroxylation is 1. The van der Waals surface area contributed by atoms with Gasteiger partial charge in [0.1, 0.15) is 17.7 Å². The third-order valence-corrected chi connectivity index (χ3v) is 6.52. The van der Waals surface area contributed by atoms with Crippen LogP contribution in [0.15, 0.2) is 47.1 Å². The number of ether oxygens (including phenoxy) is 1. The van der Waals surface area contributed by atoms with Gasteiger partial charge >= 0.3 is 12.4 Å². The predicted molar refractivity (Wildman–Crippen MR) is 114 cm³/mol. The highest BCUT2D eigenvalue weighted by atomic mass is 19.4. The van der Waals surface area contributed by atoms with Gasteiger partial charge in [-0.1, -0.05) is 0 Å². The van der Waals surface area contributed by atoms with E-state index in [-0.39, 0.29) is 35.3 Å². The molecular formula is C24H21F6N3O2. The third-order valence-electron chi connectivity index (χ3n) is 6.52. The normalized spacial score (nSPS) is 22.5. The van der Waals surface area contributed by atoms with Crippen LogP contribution in [0.2, 0.25) is 0 Å². The van der Waals surface area contributed by atoms with Crippen LogP contribution >= 0.6 is 0 Å². The van der Waals surface area contributed by atoms with E-state index in [4.69, 9.17) is 9.15 Å². The van der Waals surface area contributed by atoms with E-state index in [1.54, 1.807) is 6.92 Å². The van der Waals surface area contributed by atoms with Gasteiger partial charge in [0.25, 0.3) is 0 Å². The fourth-order valence-electron chi connectivity index (χ4n) is 4.97. The molecule has 2 bridgehead atoms. The smallest absolute Gasteiger partial charge is 0.417 e. The second kappa shape index (κ2) is 8.46. The van der Waals surface area contributed by atoms with Crippen molar-refractivity contribution in [3.8, 4) is 17.1 Å². The number of fused-ring (bicyclic) bond motifs is 2. The number of aromatic nitrogens is 2. The molecular weight excluding hydrogens is 476 g/mol. The summed E-state index contributed by atoms with van der Waals surface area (Å²) in [7, 11) is 0. The molecule has 186 valence electrons. The van der Waals surface area contributed by atoms with Crippen molar-refractivity contribution in [3.63, 3.8) is 0 Å². The van der Waals surface area contributed by atoms with Crippen LogP contribution in [0.4, 0.5) is 32.2 Å². The van der Waals surface area contributed by atoms with Gasteiger partial charge in [0.05, 0.1) is 22.9 Å². The number of nitrogens with zero attached hydrogens (tertiary/aromatic N) is 3. The van der Waals surface area contributed by atoms with Crippen LogP contribution in [-0.2, 0) is 12.4 Å². The first-order valence-corrected chi connectivity index (χ1v) is 11.1. The second-order valence-corrected chi connectivity index (χ2v) is 8.86. The van der Waals surface area contributed by atoms with Crippen LogP contribution < -0.4 is 9.64 Å². The Morgan fingerprint density at radius 2 is 1.54 bits per heavy atom. The van der Waals surface area contributed by atoms with E-state index in [1.807, 2.05) is 4.90 Å². The second-order valence-electron chi connectivity index (χ2n) is 8.86. The Hall–Kier alpha value is -3.24. The van der Waals surface area contributed by atoms with Gasteiger partial charge < -0.3 is 14.1 Å². The van der Waals surface area contributed by atoms with Crippen molar-refractivity contribution < 1.29 is 35.5 Å². The largest absolute Gasteiger partial charge is 0.489 e. The number of benzene rings is 1. The Morgan fingerprint density at radius 1 is 0.886 bits per heavy atom. The number of oxazole rings is 1. The lowest BCUT2D eigenvalue weighted by molar-refractivity contribution is -0.138. The molecule has 11 heteroatoms. The molecule has 0 N–H and O–H groups in total. The average Bonchev–Trinajstić information content (AvgIpc) is 3.33. The Bertz CT molecular complexity index is 1190. The first-order valence-electron chi connectivity index (χ1n) is 11.1. The van der Waals surface area contributed by atoms with Gasteiger partial charge in [0.15, 0.2) is 11.7 Å². The number of piperidine rings is 1. The Morgan fingerprint density at radius 3 is 2.09 bits per heavy atom. The van der Waals surface area contributed by atoms with Crippen LogP contribution in [0.25, 0.3) is 11.3 Å². The number of hydrogen-bond donors (Lipinski definition) is 0. The molecule has 5 rings (SSSR count). The maximum Gasteiger partial charge on any atom is 0.417 e. The van der Waals surface area contributed by atoms with Crippen molar-refractivity contribution in [3.05, 3.63) is 59.7 Å². The van der Waals surface area contributed by atoms with Crippen LogP contribution in [0.1, 0.15) is 42.7 Å². The topological polar surface area (TPSA) is 51.4 Å². The van der Waals surface area contributed by atoms with Crippen molar-refractivity contribution in [2.45, 2.75) is 63.1 Å². The number of alkyl halides is 6. The predicted octanol–water partition coefficient (Wildman–Crippen LogP) is 6.66. The summed E-state index contributed by atoms with van der Waals surface area (Å²) >= 11 is 0.